The number of ether oxygens (including phenoxy) is 1. The Labute approximate surface area is 138 Å². The van der Waals surface area contributed by atoms with Gasteiger partial charge in [0.2, 0.25) is 5.91 Å². The van der Waals surface area contributed by atoms with Crippen LogP contribution in [-0.2, 0) is 4.79 Å². The highest BCUT2D eigenvalue weighted by atomic mass is 35.5. The molecular weight excluding hydrogens is 318 g/mol. The van der Waals surface area contributed by atoms with Gasteiger partial charge in [-0.25, -0.2) is 4.79 Å². The first-order chi connectivity index (χ1) is 11.0. The van der Waals surface area contributed by atoms with Crippen LogP contribution in [0.25, 0.3) is 0 Å². The summed E-state index contributed by atoms with van der Waals surface area (Å²) in [4.78, 5) is 23.0. The van der Waals surface area contributed by atoms with Crippen LogP contribution in [0.2, 0.25) is 5.02 Å². The summed E-state index contributed by atoms with van der Waals surface area (Å²) in [6.45, 7) is 1.43. The van der Waals surface area contributed by atoms with Crippen molar-refractivity contribution in [1.29, 1.82) is 0 Å². The monoisotopic (exact) mass is 333 g/mol. The van der Waals surface area contributed by atoms with Gasteiger partial charge in [0.05, 0.1) is 12.8 Å². The molecule has 120 valence electrons. The highest BCUT2D eigenvalue weighted by Crippen LogP contribution is 2.27. The van der Waals surface area contributed by atoms with Crippen molar-refractivity contribution in [1.82, 2.24) is 0 Å². The fourth-order valence-electron chi connectivity index (χ4n) is 1.90. The maximum absolute atomic E-state index is 12.0. The van der Waals surface area contributed by atoms with Crippen LogP contribution < -0.4 is 20.7 Å². The molecular formula is C16H16ClN3O3. The number of methoxy groups -OCH3 is 1. The van der Waals surface area contributed by atoms with E-state index in [-0.39, 0.29) is 5.91 Å². The zero-order chi connectivity index (χ0) is 16.8. The molecule has 0 atom stereocenters. The van der Waals surface area contributed by atoms with Gasteiger partial charge in [-0.15, -0.1) is 0 Å². The fourth-order valence-corrected chi connectivity index (χ4v) is 2.07. The van der Waals surface area contributed by atoms with Crippen molar-refractivity contribution >= 4 is 40.6 Å². The number of nitrogens with one attached hydrogen (secondary N) is 3. The standard InChI is InChI=1S/C16H16ClN3O3/c1-10(21)18-12-4-6-13(7-5-12)19-16(22)20-14-9-11(17)3-8-15(14)23-2/h3-9H,1-2H3,(H,18,21)(H2,19,20,22). The molecule has 0 saturated heterocycles. The highest BCUT2D eigenvalue weighted by molar-refractivity contribution is 6.31. The molecule has 0 radical (unpaired) electrons. The Morgan fingerprint density at radius 2 is 1.57 bits per heavy atom. The minimum atomic E-state index is -0.433. The van der Waals surface area contributed by atoms with Crippen LogP contribution in [0.1, 0.15) is 6.92 Å². The maximum Gasteiger partial charge on any atom is 0.323 e. The Bertz CT molecular complexity index is 717. The predicted molar refractivity (Wildman–Crippen MR) is 91.4 cm³/mol. The molecule has 7 heteroatoms. The van der Waals surface area contributed by atoms with Crippen LogP contribution >= 0.6 is 11.6 Å². The molecule has 0 aliphatic rings. The van der Waals surface area contributed by atoms with Gasteiger partial charge < -0.3 is 20.7 Å². The number of anilines is 3. The Balaban J connectivity index is 2.02. The van der Waals surface area contributed by atoms with Crippen molar-refractivity contribution in [3.8, 4) is 5.75 Å². The van der Waals surface area contributed by atoms with Gasteiger partial charge >= 0.3 is 6.03 Å². The quantitative estimate of drug-likeness (QED) is 0.792. The summed E-state index contributed by atoms with van der Waals surface area (Å²) in [7, 11) is 1.51. The summed E-state index contributed by atoms with van der Waals surface area (Å²) in [5, 5.41) is 8.48. The number of rotatable bonds is 4. The molecule has 0 aliphatic heterocycles. The maximum atomic E-state index is 12.0. The molecule has 2 aromatic rings. The third-order valence-electron chi connectivity index (χ3n) is 2.87. The van der Waals surface area contributed by atoms with Crippen molar-refractivity contribution in [3.05, 3.63) is 47.5 Å². The first-order valence-electron chi connectivity index (χ1n) is 6.77. The van der Waals surface area contributed by atoms with Gasteiger partial charge in [0.15, 0.2) is 0 Å². The summed E-state index contributed by atoms with van der Waals surface area (Å²) in [5.41, 5.74) is 1.70. The number of benzene rings is 2. The number of halogens is 1. The van der Waals surface area contributed by atoms with E-state index in [9.17, 15) is 9.59 Å². The van der Waals surface area contributed by atoms with Crippen LogP contribution in [-0.4, -0.2) is 19.0 Å². The van der Waals surface area contributed by atoms with Crippen molar-refractivity contribution in [2.45, 2.75) is 6.92 Å². The molecule has 3 amide bonds. The third kappa shape index (κ3) is 4.89. The summed E-state index contributed by atoms with van der Waals surface area (Å²) in [6, 6.07) is 11.2. The van der Waals surface area contributed by atoms with E-state index in [1.165, 1.54) is 14.0 Å². The largest absolute Gasteiger partial charge is 0.495 e. The lowest BCUT2D eigenvalue weighted by atomic mass is 10.2. The minimum Gasteiger partial charge on any atom is -0.495 e. The van der Waals surface area contributed by atoms with E-state index in [0.717, 1.165) is 0 Å². The van der Waals surface area contributed by atoms with Gasteiger partial charge in [0, 0.05) is 23.3 Å². The van der Waals surface area contributed by atoms with Crippen LogP contribution in [0.15, 0.2) is 42.5 Å². The molecule has 0 aliphatic carbocycles. The zero-order valence-electron chi connectivity index (χ0n) is 12.6. The normalized spacial score (nSPS) is 9.87. The van der Waals surface area contributed by atoms with Gasteiger partial charge in [-0.3, -0.25) is 4.79 Å². The highest BCUT2D eigenvalue weighted by Gasteiger charge is 2.08. The number of hydrogen-bond donors (Lipinski definition) is 3. The SMILES string of the molecule is COc1ccc(Cl)cc1NC(=O)Nc1ccc(NC(C)=O)cc1. The second-order valence-corrected chi connectivity index (χ2v) is 5.12. The van der Waals surface area contributed by atoms with E-state index in [1.807, 2.05) is 0 Å². The second kappa shape index (κ2) is 7.51. The summed E-state index contributed by atoms with van der Waals surface area (Å²) in [6.07, 6.45) is 0. The first-order valence-corrected chi connectivity index (χ1v) is 7.15. The molecule has 23 heavy (non-hydrogen) atoms. The topological polar surface area (TPSA) is 79.5 Å². The number of urea groups is 1. The molecule has 0 unspecified atom stereocenters. The van der Waals surface area contributed by atoms with E-state index >= 15 is 0 Å². The molecule has 2 aromatic carbocycles. The smallest absolute Gasteiger partial charge is 0.323 e. The van der Waals surface area contributed by atoms with Crippen LogP contribution in [0, 0.1) is 0 Å². The van der Waals surface area contributed by atoms with Crippen molar-refractivity contribution < 1.29 is 14.3 Å². The third-order valence-corrected chi connectivity index (χ3v) is 3.11. The molecule has 0 fully saturated rings. The van der Waals surface area contributed by atoms with E-state index < -0.39 is 6.03 Å². The lowest BCUT2D eigenvalue weighted by Crippen LogP contribution is -2.19. The molecule has 0 aromatic heterocycles. The Morgan fingerprint density at radius 3 is 2.13 bits per heavy atom. The lowest BCUT2D eigenvalue weighted by molar-refractivity contribution is -0.114. The molecule has 3 N–H and O–H groups in total. The number of amides is 3. The Morgan fingerprint density at radius 1 is 0.957 bits per heavy atom. The van der Waals surface area contributed by atoms with E-state index in [4.69, 9.17) is 16.3 Å². The van der Waals surface area contributed by atoms with E-state index in [2.05, 4.69) is 16.0 Å². The van der Waals surface area contributed by atoms with Crippen molar-refractivity contribution in [2.24, 2.45) is 0 Å². The predicted octanol–water partition coefficient (Wildman–Crippen LogP) is 3.95. The van der Waals surface area contributed by atoms with Crippen molar-refractivity contribution in [3.63, 3.8) is 0 Å². The zero-order valence-corrected chi connectivity index (χ0v) is 13.4. The van der Waals surface area contributed by atoms with Gasteiger partial charge in [-0.1, -0.05) is 11.6 Å². The van der Waals surface area contributed by atoms with Gasteiger partial charge in [-0.2, -0.15) is 0 Å². The molecule has 0 bridgehead atoms. The first kappa shape index (κ1) is 16.6. The molecule has 0 heterocycles. The molecule has 6 nitrogen and oxygen atoms in total. The minimum absolute atomic E-state index is 0.156. The number of hydrogen-bond acceptors (Lipinski definition) is 3. The number of carbonyl (C=O) groups is 2. The molecule has 0 saturated carbocycles. The summed E-state index contributed by atoms with van der Waals surface area (Å²) < 4.78 is 5.16. The fraction of sp³-hybridized carbons (Fsp3) is 0.125. The van der Waals surface area contributed by atoms with Crippen LogP contribution in [0.5, 0.6) is 5.75 Å². The van der Waals surface area contributed by atoms with Crippen LogP contribution in [0.4, 0.5) is 21.9 Å². The Hall–Kier alpha value is -2.73. The summed E-state index contributed by atoms with van der Waals surface area (Å²) >= 11 is 5.91. The van der Waals surface area contributed by atoms with Gasteiger partial charge in [0.25, 0.3) is 0 Å². The molecule has 0 spiro atoms. The van der Waals surface area contributed by atoms with Gasteiger partial charge in [0.1, 0.15) is 5.75 Å². The summed E-state index contributed by atoms with van der Waals surface area (Å²) in [5.74, 6) is 0.349. The van der Waals surface area contributed by atoms with E-state index in [1.54, 1.807) is 42.5 Å². The second-order valence-electron chi connectivity index (χ2n) is 4.68. The Kier molecular flexibility index (Phi) is 5.43. The van der Waals surface area contributed by atoms with Crippen molar-refractivity contribution in [2.75, 3.05) is 23.1 Å². The lowest BCUT2D eigenvalue weighted by Gasteiger charge is -2.12. The average molecular weight is 334 g/mol. The van der Waals surface area contributed by atoms with Crippen LogP contribution in [0.3, 0.4) is 0 Å². The molecule has 2 rings (SSSR count). The number of carbonyl (C=O) groups excluding carboxylic acids is 2. The average Bonchev–Trinajstić information content (AvgIpc) is 2.49. The van der Waals surface area contributed by atoms with E-state index in [0.29, 0.717) is 27.8 Å². The van der Waals surface area contributed by atoms with Gasteiger partial charge in [-0.05, 0) is 42.5 Å².